The second-order valence-corrected chi connectivity index (χ2v) is 8.47. The van der Waals surface area contributed by atoms with E-state index in [-0.39, 0.29) is 11.4 Å². The van der Waals surface area contributed by atoms with Gasteiger partial charge in [-0.1, -0.05) is 43.3 Å². The largest absolute Gasteiger partial charge is 0.383 e. The first kappa shape index (κ1) is 23.9. The lowest BCUT2D eigenvalue weighted by atomic mass is 10.1. The molecule has 2 aromatic carbocycles. The summed E-state index contributed by atoms with van der Waals surface area (Å²) in [5.41, 5.74) is 3.50. The van der Waals surface area contributed by atoms with Gasteiger partial charge >= 0.3 is 0 Å². The number of hydrogen-bond donors (Lipinski definition) is 3. The zero-order chi connectivity index (χ0) is 21.8. The van der Waals surface area contributed by atoms with E-state index in [2.05, 4.69) is 45.5 Å². The predicted octanol–water partition coefficient (Wildman–Crippen LogP) is 2.43. The number of aryl methyl sites for hydroxylation is 1. The van der Waals surface area contributed by atoms with Crippen LogP contribution in [-0.2, 0) is 34.3 Å². The van der Waals surface area contributed by atoms with Crippen LogP contribution in [0.25, 0.3) is 0 Å². The molecular weight excluding hydrogens is 400 g/mol. The molecule has 0 saturated carbocycles. The van der Waals surface area contributed by atoms with E-state index in [4.69, 9.17) is 4.74 Å². The number of ether oxygens (including phenoxy) is 1. The molecule has 2 aromatic rings. The first-order chi connectivity index (χ1) is 14.5. The molecule has 0 aliphatic rings. The third kappa shape index (κ3) is 7.44. The van der Waals surface area contributed by atoms with Crippen molar-refractivity contribution in [1.29, 1.82) is 0 Å². The van der Waals surface area contributed by atoms with Gasteiger partial charge in [-0.25, -0.2) is 18.1 Å². The molecule has 3 N–H and O–H groups in total. The van der Waals surface area contributed by atoms with Crippen molar-refractivity contribution in [3.8, 4) is 0 Å². The van der Waals surface area contributed by atoms with Crippen LogP contribution in [-0.4, -0.2) is 41.2 Å². The van der Waals surface area contributed by atoms with E-state index in [1.807, 2.05) is 13.0 Å². The SMILES string of the molecule is CCNC(=NCc1ccc(S(=O)(=O)NCCOC)cc1)NCc1ccccc1CC. The van der Waals surface area contributed by atoms with Gasteiger partial charge in [-0.05, 0) is 42.2 Å². The Balaban J connectivity index is 2.00. The average Bonchev–Trinajstić information content (AvgIpc) is 2.76. The first-order valence-corrected chi connectivity index (χ1v) is 11.6. The van der Waals surface area contributed by atoms with Gasteiger partial charge in [-0.2, -0.15) is 0 Å². The lowest BCUT2D eigenvalue weighted by molar-refractivity contribution is 0.204. The van der Waals surface area contributed by atoms with Crippen molar-refractivity contribution in [3.63, 3.8) is 0 Å². The number of aliphatic imine (C=N–C) groups is 1. The van der Waals surface area contributed by atoms with Crippen LogP contribution in [0.3, 0.4) is 0 Å². The van der Waals surface area contributed by atoms with Crippen molar-refractivity contribution in [2.24, 2.45) is 4.99 Å². The molecule has 0 bridgehead atoms. The van der Waals surface area contributed by atoms with Crippen molar-refractivity contribution in [3.05, 3.63) is 65.2 Å². The highest BCUT2D eigenvalue weighted by atomic mass is 32.2. The molecule has 30 heavy (non-hydrogen) atoms. The molecule has 0 aliphatic heterocycles. The maximum atomic E-state index is 12.2. The topological polar surface area (TPSA) is 91.8 Å². The summed E-state index contributed by atoms with van der Waals surface area (Å²) in [5, 5.41) is 6.61. The molecule has 7 nitrogen and oxygen atoms in total. The molecule has 0 saturated heterocycles. The van der Waals surface area contributed by atoms with Crippen molar-refractivity contribution in [1.82, 2.24) is 15.4 Å². The number of methoxy groups -OCH3 is 1. The summed E-state index contributed by atoms with van der Waals surface area (Å²) >= 11 is 0. The highest BCUT2D eigenvalue weighted by Crippen LogP contribution is 2.12. The fourth-order valence-electron chi connectivity index (χ4n) is 2.90. The second-order valence-electron chi connectivity index (χ2n) is 6.71. The Morgan fingerprint density at radius 2 is 1.70 bits per heavy atom. The summed E-state index contributed by atoms with van der Waals surface area (Å²) in [5.74, 6) is 0.723. The van der Waals surface area contributed by atoms with Crippen molar-refractivity contribution in [2.45, 2.75) is 38.3 Å². The Kier molecular flexibility index (Phi) is 9.79. The lowest BCUT2D eigenvalue weighted by Crippen LogP contribution is -2.37. The number of benzene rings is 2. The van der Waals surface area contributed by atoms with Crippen LogP contribution in [0.4, 0.5) is 0 Å². The fourth-order valence-corrected chi connectivity index (χ4v) is 3.91. The first-order valence-electron chi connectivity index (χ1n) is 10.2. The van der Waals surface area contributed by atoms with E-state index in [1.165, 1.54) is 18.2 Å². The van der Waals surface area contributed by atoms with Gasteiger partial charge in [-0.3, -0.25) is 0 Å². The number of sulfonamides is 1. The maximum Gasteiger partial charge on any atom is 0.240 e. The smallest absolute Gasteiger partial charge is 0.240 e. The third-order valence-electron chi connectivity index (χ3n) is 4.54. The summed E-state index contributed by atoms with van der Waals surface area (Å²) in [6.45, 7) is 6.63. The van der Waals surface area contributed by atoms with Crippen LogP contribution in [0.2, 0.25) is 0 Å². The minimum atomic E-state index is -3.53. The Labute approximate surface area is 180 Å². The van der Waals surface area contributed by atoms with E-state index in [0.717, 1.165) is 24.5 Å². The summed E-state index contributed by atoms with van der Waals surface area (Å²) in [4.78, 5) is 4.85. The van der Waals surface area contributed by atoms with Crippen molar-refractivity contribution in [2.75, 3.05) is 26.8 Å². The van der Waals surface area contributed by atoms with Crippen LogP contribution in [0, 0.1) is 0 Å². The van der Waals surface area contributed by atoms with E-state index in [9.17, 15) is 8.42 Å². The number of hydrogen-bond acceptors (Lipinski definition) is 4. The van der Waals surface area contributed by atoms with Crippen LogP contribution < -0.4 is 15.4 Å². The van der Waals surface area contributed by atoms with E-state index < -0.39 is 10.0 Å². The van der Waals surface area contributed by atoms with Gasteiger partial charge in [0.2, 0.25) is 10.0 Å². The molecule has 0 heterocycles. The standard InChI is InChI=1S/C22H32N4O3S/c1-4-19-8-6-7-9-20(19)17-25-22(23-5-2)24-16-18-10-12-21(13-11-18)30(27,28)26-14-15-29-3/h6-13,26H,4-5,14-17H2,1-3H3,(H2,23,24,25). The molecule has 0 unspecified atom stereocenters. The third-order valence-corrected chi connectivity index (χ3v) is 6.02. The minimum Gasteiger partial charge on any atom is -0.383 e. The number of nitrogens with one attached hydrogen (secondary N) is 3. The monoisotopic (exact) mass is 432 g/mol. The zero-order valence-electron chi connectivity index (χ0n) is 17.9. The van der Waals surface area contributed by atoms with E-state index in [1.54, 1.807) is 24.3 Å². The van der Waals surface area contributed by atoms with Crippen molar-refractivity contribution < 1.29 is 13.2 Å². The van der Waals surface area contributed by atoms with Gasteiger partial charge in [0.05, 0.1) is 18.0 Å². The number of rotatable bonds is 11. The summed E-state index contributed by atoms with van der Waals surface area (Å²) in [6.07, 6.45) is 0.987. The van der Waals surface area contributed by atoms with Gasteiger partial charge in [0, 0.05) is 26.7 Å². The van der Waals surface area contributed by atoms with Gasteiger partial charge in [0.1, 0.15) is 0 Å². The van der Waals surface area contributed by atoms with Crippen LogP contribution >= 0.6 is 0 Å². The summed E-state index contributed by atoms with van der Waals surface area (Å²) in [6, 6.07) is 15.1. The van der Waals surface area contributed by atoms with Crippen LogP contribution in [0.1, 0.15) is 30.5 Å². The summed E-state index contributed by atoms with van der Waals surface area (Å²) in [7, 11) is -2.00. The number of guanidine groups is 1. The lowest BCUT2D eigenvalue weighted by Gasteiger charge is -2.13. The Morgan fingerprint density at radius 1 is 1.00 bits per heavy atom. The molecule has 0 radical (unpaired) electrons. The summed E-state index contributed by atoms with van der Waals surface area (Å²) < 4.78 is 31.8. The quantitative estimate of drug-likeness (QED) is 0.288. The maximum absolute atomic E-state index is 12.2. The molecule has 0 atom stereocenters. The van der Waals surface area contributed by atoms with Gasteiger partial charge in [0.15, 0.2) is 5.96 Å². The van der Waals surface area contributed by atoms with Gasteiger partial charge in [-0.15, -0.1) is 0 Å². The normalized spacial score (nSPS) is 12.0. The molecular formula is C22H32N4O3S. The van der Waals surface area contributed by atoms with Crippen LogP contribution in [0.15, 0.2) is 58.4 Å². The van der Waals surface area contributed by atoms with Gasteiger partial charge < -0.3 is 15.4 Å². The van der Waals surface area contributed by atoms with E-state index >= 15 is 0 Å². The average molecular weight is 433 g/mol. The molecule has 2 rings (SSSR count). The molecule has 0 spiro atoms. The second kappa shape index (κ2) is 12.3. The molecule has 164 valence electrons. The highest BCUT2D eigenvalue weighted by Gasteiger charge is 2.12. The number of nitrogens with zero attached hydrogens (tertiary/aromatic N) is 1. The minimum absolute atomic E-state index is 0.229. The Hall–Kier alpha value is -2.42. The molecule has 0 fully saturated rings. The molecule has 0 aliphatic carbocycles. The molecule has 0 amide bonds. The van der Waals surface area contributed by atoms with E-state index in [0.29, 0.717) is 19.7 Å². The Bertz CT molecular complexity index is 912. The van der Waals surface area contributed by atoms with Crippen molar-refractivity contribution >= 4 is 16.0 Å². The highest BCUT2D eigenvalue weighted by molar-refractivity contribution is 7.89. The molecule has 0 aromatic heterocycles. The van der Waals surface area contributed by atoms with Crippen LogP contribution in [0.5, 0.6) is 0 Å². The van der Waals surface area contributed by atoms with Gasteiger partial charge in [0.25, 0.3) is 0 Å². The predicted molar refractivity (Wildman–Crippen MR) is 121 cm³/mol. The zero-order valence-corrected chi connectivity index (χ0v) is 18.8. The Morgan fingerprint density at radius 3 is 2.33 bits per heavy atom. The fraction of sp³-hybridized carbons (Fsp3) is 0.409. The molecule has 8 heteroatoms.